The fourth-order valence-electron chi connectivity index (χ4n) is 1.35. The van der Waals surface area contributed by atoms with Gasteiger partial charge in [0.2, 0.25) is 0 Å². The van der Waals surface area contributed by atoms with Crippen LogP contribution >= 0.6 is 0 Å². The summed E-state index contributed by atoms with van der Waals surface area (Å²) in [5.41, 5.74) is 6.29. The summed E-state index contributed by atoms with van der Waals surface area (Å²) in [5.74, 6) is -1.14. The van der Waals surface area contributed by atoms with Crippen LogP contribution in [0.5, 0.6) is 0 Å². The molecule has 7 nitrogen and oxygen atoms in total. The van der Waals surface area contributed by atoms with Crippen molar-refractivity contribution in [3.8, 4) is 11.8 Å². The molecule has 0 aliphatic carbocycles. The van der Waals surface area contributed by atoms with Crippen LogP contribution in [0.2, 0.25) is 0 Å². The highest BCUT2D eigenvalue weighted by Crippen LogP contribution is 2.17. The van der Waals surface area contributed by atoms with Gasteiger partial charge in [-0.2, -0.15) is 5.26 Å². The number of nitriles is 1. The van der Waals surface area contributed by atoms with Gasteiger partial charge in [0.1, 0.15) is 12.4 Å². The molecule has 1 aromatic heterocycles. The van der Waals surface area contributed by atoms with E-state index in [1.165, 1.54) is 29.2 Å². The van der Waals surface area contributed by atoms with E-state index >= 15 is 0 Å². The van der Waals surface area contributed by atoms with Crippen LogP contribution in [-0.2, 0) is 0 Å². The third-order valence-electron chi connectivity index (χ3n) is 2.09. The Hall–Kier alpha value is -2.88. The van der Waals surface area contributed by atoms with E-state index in [-0.39, 0.29) is 17.1 Å². The maximum Gasteiger partial charge on any atom is 0.337 e. The minimum Gasteiger partial charge on any atom is -0.478 e. The van der Waals surface area contributed by atoms with E-state index in [4.69, 9.17) is 16.1 Å². The molecule has 7 heteroatoms. The molecule has 0 spiro atoms. The highest BCUT2D eigenvalue weighted by Gasteiger charge is 2.13. The van der Waals surface area contributed by atoms with Crippen LogP contribution in [0.15, 0.2) is 24.5 Å². The zero-order valence-electron chi connectivity index (χ0n) is 8.53. The first-order chi connectivity index (χ1) is 8.11. The molecule has 0 atom stereocenters. The van der Waals surface area contributed by atoms with Crippen LogP contribution < -0.4 is 5.73 Å². The van der Waals surface area contributed by atoms with Crippen LogP contribution in [0, 0.1) is 11.3 Å². The molecule has 3 N–H and O–H groups in total. The highest BCUT2D eigenvalue weighted by atomic mass is 16.4. The largest absolute Gasteiger partial charge is 0.478 e. The van der Waals surface area contributed by atoms with Crippen LogP contribution in [0.3, 0.4) is 0 Å². The van der Waals surface area contributed by atoms with E-state index in [0.717, 1.165) is 0 Å². The molecule has 0 fully saturated rings. The lowest BCUT2D eigenvalue weighted by molar-refractivity contribution is 0.0697. The Morgan fingerprint density at radius 3 is 2.88 bits per heavy atom. The summed E-state index contributed by atoms with van der Waals surface area (Å²) in [7, 11) is 0. The number of benzene rings is 1. The minimum absolute atomic E-state index is 0.0357. The van der Waals surface area contributed by atoms with Crippen molar-refractivity contribution in [2.75, 3.05) is 5.73 Å². The number of anilines is 1. The first-order valence-corrected chi connectivity index (χ1v) is 4.57. The second-order valence-corrected chi connectivity index (χ2v) is 3.21. The molecular weight excluding hydrogens is 222 g/mol. The van der Waals surface area contributed by atoms with Gasteiger partial charge in [-0.05, 0) is 18.2 Å². The Balaban J connectivity index is 2.61. The van der Waals surface area contributed by atoms with Gasteiger partial charge >= 0.3 is 5.97 Å². The highest BCUT2D eigenvalue weighted by molar-refractivity contribution is 5.92. The maximum absolute atomic E-state index is 11.0. The Labute approximate surface area is 95.7 Å². The van der Waals surface area contributed by atoms with E-state index < -0.39 is 5.97 Å². The van der Waals surface area contributed by atoms with Crippen molar-refractivity contribution in [2.45, 2.75) is 0 Å². The van der Waals surface area contributed by atoms with Gasteiger partial charge in [0, 0.05) is 5.69 Å². The molecular formula is C10H7N5O2. The molecule has 0 aliphatic heterocycles. The van der Waals surface area contributed by atoms with Crippen LogP contribution in [0.25, 0.3) is 5.69 Å². The Kier molecular flexibility index (Phi) is 2.46. The topological polar surface area (TPSA) is 118 Å². The fourth-order valence-corrected chi connectivity index (χ4v) is 1.35. The Bertz CT molecular complexity index is 626. The van der Waals surface area contributed by atoms with Gasteiger partial charge in [-0.25, -0.2) is 14.5 Å². The molecule has 17 heavy (non-hydrogen) atoms. The van der Waals surface area contributed by atoms with Gasteiger partial charge in [0.05, 0.1) is 11.3 Å². The van der Waals surface area contributed by atoms with Crippen molar-refractivity contribution in [2.24, 2.45) is 0 Å². The van der Waals surface area contributed by atoms with Crippen LogP contribution in [-0.4, -0.2) is 25.8 Å². The average molecular weight is 229 g/mol. The quantitative estimate of drug-likeness (QED) is 0.720. The lowest BCUT2D eigenvalue weighted by Crippen LogP contribution is -2.07. The number of carboxylic acids is 1. The predicted molar refractivity (Wildman–Crippen MR) is 57.4 cm³/mol. The molecule has 0 aliphatic rings. The molecule has 1 aromatic carbocycles. The maximum atomic E-state index is 11.0. The summed E-state index contributed by atoms with van der Waals surface area (Å²) in [6.07, 6.45) is 1.26. The minimum atomic E-state index is -1.10. The lowest BCUT2D eigenvalue weighted by Gasteiger charge is -2.05. The van der Waals surface area contributed by atoms with Crippen molar-refractivity contribution in [3.05, 3.63) is 35.9 Å². The van der Waals surface area contributed by atoms with E-state index in [1.54, 1.807) is 6.07 Å². The van der Waals surface area contributed by atoms with Crippen LogP contribution in [0.4, 0.5) is 5.69 Å². The number of aromatic carboxylic acids is 1. The number of nitrogen functional groups attached to an aromatic ring is 1. The van der Waals surface area contributed by atoms with Crippen molar-refractivity contribution in [1.29, 1.82) is 5.26 Å². The summed E-state index contributed by atoms with van der Waals surface area (Å²) in [5, 5.41) is 21.4. The Morgan fingerprint density at radius 1 is 1.53 bits per heavy atom. The molecule has 2 rings (SSSR count). The second-order valence-electron chi connectivity index (χ2n) is 3.21. The first-order valence-electron chi connectivity index (χ1n) is 4.57. The molecule has 0 unspecified atom stereocenters. The first kappa shape index (κ1) is 10.6. The number of carbonyl (C=O) groups is 1. The molecule has 0 radical (unpaired) electrons. The number of rotatable bonds is 2. The average Bonchev–Trinajstić information content (AvgIpc) is 2.76. The molecule has 0 amide bonds. The normalized spacial score (nSPS) is 9.82. The molecule has 2 aromatic rings. The van der Waals surface area contributed by atoms with Crippen molar-refractivity contribution in [1.82, 2.24) is 14.8 Å². The van der Waals surface area contributed by atoms with Crippen molar-refractivity contribution in [3.63, 3.8) is 0 Å². The molecule has 0 saturated heterocycles. The summed E-state index contributed by atoms with van der Waals surface area (Å²) in [6.45, 7) is 0. The number of aromatic nitrogens is 3. The number of nitrogens with two attached hydrogens (primary N) is 1. The Morgan fingerprint density at radius 2 is 2.29 bits per heavy atom. The van der Waals surface area contributed by atoms with E-state index in [0.29, 0.717) is 5.69 Å². The van der Waals surface area contributed by atoms with E-state index in [2.05, 4.69) is 10.1 Å². The third-order valence-corrected chi connectivity index (χ3v) is 2.09. The van der Waals surface area contributed by atoms with Gasteiger partial charge < -0.3 is 10.8 Å². The summed E-state index contributed by atoms with van der Waals surface area (Å²) in [4.78, 5) is 14.7. The zero-order valence-corrected chi connectivity index (χ0v) is 8.53. The van der Waals surface area contributed by atoms with Gasteiger partial charge in [0.15, 0.2) is 0 Å². The second kappa shape index (κ2) is 3.94. The SMILES string of the molecule is N#Cc1ncn(-c2cc(N)ccc2C(=O)O)n1. The number of hydrogen-bond donors (Lipinski definition) is 2. The van der Waals surface area contributed by atoms with E-state index in [9.17, 15) is 4.79 Å². The number of hydrogen-bond acceptors (Lipinski definition) is 5. The summed E-state index contributed by atoms with van der Waals surface area (Å²) >= 11 is 0. The molecule has 84 valence electrons. The fraction of sp³-hybridized carbons (Fsp3) is 0. The van der Waals surface area contributed by atoms with Gasteiger partial charge in [0.25, 0.3) is 5.82 Å². The molecule has 1 heterocycles. The smallest absolute Gasteiger partial charge is 0.337 e. The monoisotopic (exact) mass is 229 g/mol. The summed E-state index contributed by atoms with van der Waals surface area (Å²) < 4.78 is 1.21. The van der Waals surface area contributed by atoms with Crippen molar-refractivity contribution < 1.29 is 9.90 Å². The predicted octanol–water partition coefficient (Wildman–Crippen LogP) is 0.419. The number of nitrogens with zero attached hydrogens (tertiary/aromatic N) is 4. The van der Waals surface area contributed by atoms with Crippen LogP contribution in [0.1, 0.15) is 16.2 Å². The van der Waals surface area contributed by atoms with E-state index in [1.807, 2.05) is 0 Å². The third kappa shape index (κ3) is 1.91. The summed E-state index contributed by atoms with van der Waals surface area (Å²) in [6, 6.07) is 6.07. The lowest BCUT2D eigenvalue weighted by atomic mass is 10.1. The van der Waals surface area contributed by atoms with Gasteiger partial charge in [-0.1, -0.05) is 0 Å². The standard InChI is InChI=1S/C10H7N5O2/c11-4-9-13-5-15(14-9)8-3-6(12)1-2-7(8)10(16)17/h1-3,5H,12H2,(H,16,17). The zero-order chi connectivity index (χ0) is 12.4. The van der Waals surface area contributed by atoms with Gasteiger partial charge in [-0.3, -0.25) is 0 Å². The molecule has 0 bridgehead atoms. The number of carboxylic acid groups (broad SMARTS) is 1. The van der Waals surface area contributed by atoms with Gasteiger partial charge in [-0.15, -0.1) is 5.10 Å². The van der Waals surface area contributed by atoms with Crippen molar-refractivity contribution >= 4 is 11.7 Å². The molecule has 0 saturated carbocycles.